The Balaban J connectivity index is 1.50. The summed E-state index contributed by atoms with van der Waals surface area (Å²) in [7, 11) is 0. The molecule has 5 nitrogen and oxygen atoms in total. The van der Waals surface area contributed by atoms with Gasteiger partial charge in [0.05, 0.1) is 23.1 Å². The molecule has 4 aromatic rings. The van der Waals surface area contributed by atoms with Crippen molar-refractivity contribution < 1.29 is 0 Å². The van der Waals surface area contributed by atoms with E-state index in [4.69, 9.17) is 11.6 Å². The molecule has 0 atom stereocenters. The molecule has 1 saturated carbocycles. The van der Waals surface area contributed by atoms with Crippen LogP contribution in [0.4, 0.5) is 0 Å². The maximum Gasteiger partial charge on any atom is 0.139 e. The first-order valence-electron chi connectivity index (χ1n) is 7.71. The Morgan fingerprint density at radius 2 is 2.04 bits per heavy atom. The fourth-order valence-corrected chi connectivity index (χ4v) is 3.21. The van der Waals surface area contributed by atoms with Gasteiger partial charge in [-0.2, -0.15) is 5.10 Å². The first-order valence-corrected chi connectivity index (χ1v) is 8.09. The highest BCUT2D eigenvalue weighted by atomic mass is 35.5. The van der Waals surface area contributed by atoms with E-state index in [0.717, 1.165) is 28.2 Å². The third kappa shape index (κ3) is 2.28. The van der Waals surface area contributed by atoms with E-state index in [1.165, 1.54) is 18.4 Å². The molecule has 0 radical (unpaired) electrons. The van der Waals surface area contributed by atoms with Crippen molar-refractivity contribution in [3.63, 3.8) is 0 Å². The zero-order valence-electron chi connectivity index (χ0n) is 12.4. The van der Waals surface area contributed by atoms with Crippen LogP contribution < -0.4 is 0 Å². The number of aromatic nitrogens is 5. The summed E-state index contributed by atoms with van der Waals surface area (Å²) in [6, 6.07) is 6.15. The second kappa shape index (κ2) is 4.80. The SMILES string of the molecule is Clc1nccc2nn(Cc3cn4cc(C5CC5)ccc4n3)cc12. The minimum absolute atomic E-state index is 0.484. The van der Waals surface area contributed by atoms with Gasteiger partial charge in [0.25, 0.3) is 0 Å². The molecular formula is C17H14ClN5. The summed E-state index contributed by atoms with van der Waals surface area (Å²) in [6.45, 7) is 0.617. The molecule has 0 amide bonds. The molecule has 4 aromatic heterocycles. The standard InChI is InChI=1S/C17H14ClN5/c18-17-14-10-23(21-15(14)5-6-19-17)9-13-8-22-7-12(11-1-2-11)3-4-16(22)20-13/h3-8,10-11H,1-2,9H2. The Morgan fingerprint density at radius 3 is 2.87 bits per heavy atom. The van der Waals surface area contributed by atoms with E-state index < -0.39 is 0 Å². The Bertz CT molecular complexity index is 1030. The van der Waals surface area contributed by atoms with Gasteiger partial charge in [-0.15, -0.1) is 0 Å². The Hall–Kier alpha value is -2.40. The second-order valence-electron chi connectivity index (χ2n) is 6.10. The smallest absolute Gasteiger partial charge is 0.139 e. The van der Waals surface area contributed by atoms with E-state index >= 15 is 0 Å². The van der Waals surface area contributed by atoms with E-state index in [0.29, 0.717) is 11.7 Å². The molecule has 6 heteroatoms. The summed E-state index contributed by atoms with van der Waals surface area (Å²) in [5, 5.41) is 5.89. The first kappa shape index (κ1) is 13.1. The van der Waals surface area contributed by atoms with Crippen molar-refractivity contribution in [2.75, 3.05) is 0 Å². The fraction of sp³-hybridized carbons (Fsp3) is 0.235. The topological polar surface area (TPSA) is 48.0 Å². The van der Waals surface area contributed by atoms with Crippen molar-refractivity contribution in [2.45, 2.75) is 25.3 Å². The van der Waals surface area contributed by atoms with Gasteiger partial charge in [0.2, 0.25) is 0 Å². The lowest BCUT2D eigenvalue weighted by Crippen LogP contribution is -1.99. The zero-order valence-corrected chi connectivity index (χ0v) is 13.1. The van der Waals surface area contributed by atoms with Gasteiger partial charge in [0.15, 0.2) is 0 Å². The van der Waals surface area contributed by atoms with Crippen LogP contribution in [0.25, 0.3) is 16.6 Å². The minimum atomic E-state index is 0.484. The van der Waals surface area contributed by atoms with Crippen molar-refractivity contribution in [1.29, 1.82) is 0 Å². The van der Waals surface area contributed by atoms with Gasteiger partial charge in [-0.3, -0.25) is 4.68 Å². The summed E-state index contributed by atoms with van der Waals surface area (Å²) in [5.74, 6) is 0.747. The maximum atomic E-state index is 6.11. The van der Waals surface area contributed by atoms with Crippen LogP contribution in [-0.4, -0.2) is 24.1 Å². The largest absolute Gasteiger partial charge is 0.306 e. The Labute approximate surface area is 137 Å². The summed E-state index contributed by atoms with van der Waals surface area (Å²) in [5.41, 5.74) is 4.21. The predicted molar refractivity (Wildman–Crippen MR) is 88.8 cm³/mol. The lowest BCUT2D eigenvalue weighted by Gasteiger charge is -1.98. The van der Waals surface area contributed by atoms with Crippen molar-refractivity contribution in [3.8, 4) is 0 Å². The van der Waals surface area contributed by atoms with E-state index in [1.807, 2.05) is 16.9 Å². The summed E-state index contributed by atoms with van der Waals surface area (Å²) in [6.07, 6.45) is 10.5. The van der Waals surface area contributed by atoms with Crippen LogP contribution in [0, 0.1) is 0 Å². The van der Waals surface area contributed by atoms with Gasteiger partial charge >= 0.3 is 0 Å². The van der Waals surface area contributed by atoms with Gasteiger partial charge in [-0.25, -0.2) is 9.97 Å². The molecule has 1 aliphatic rings. The molecule has 0 bridgehead atoms. The molecule has 0 saturated heterocycles. The summed E-state index contributed by atoms with van der Waals surface area (Å²) in [4.78, 5) is 8.76. The van der Waals surface area contributed by atoms with E-state index in [2.05, 4.69) is 44.0 Å². The third-order valence-electron chi connectivity index (χ3n) is 4.33. The zero-order chi connectivity index (χ0) is 15.4. The molecule has 0 unspecified atom stereocenters. The molecule has 0 N–H and O–H groups in total. The molecule has 114 valence electrons. The Morgan fingerprint density at radius 1 is 1.13 bits per heavy atom. The van der Waals surface area contributed by atoms with E-state index in [1.54, 1.807) is 6.20 Å². The molecule has 0 aromatic carbocycles. The maximum absolute atomic E-state index is 6.11. The monoisotopic (exact) mass is 323 g/mol. The number of nitrogens with zero attached hydrogens (tertiary/aromatic N) is 5. The fourth-order valence-electron chi connectivity index (χ4n) is 3.00. The lowest BCUT2D eigenvalue weighted by molar-refractivity contribution is 0.684. The van der Waals surface area contributed by atoms with Crippen LogP contribution in [0.2, 0.25) is 5.15 Å². The molecule has 0 aliphatic heterocycles. The predicted octanol–water partition coefficient (Wildman–Crippen LogP) is 3.66. The number of fused-ring (bicyclic) bond motifs is 2. The van der Waals surface area contributed by atoms with Crippen molar-refractivity contribution in [1.82, 2.24) is 24.1 Å². The number of hydrogen-bond donors (Lipinski definition) is 0. The van der Waals surface area contributed by atoms with Gasteiger partial charge in [0, 0.05) is 24.8 Å². The van der Waals surface area contributed by atoms with Gasteiger partial charge in [-0.05, 0) is 36.5 Å². The van der Waals surface area contributed by atoms with Gasteiger partial charge in [0.1, 0.15) is 10.8 Å². The second-order valence-corrected chi connectivity index (χ2v) is 6.45. The van der Waals surface area contributed by atoms with Crippen LogP contribution in [0.3, 0.4) is 0 Å². The van der Waals surface area contributed by atoms with Crippen molar-refractivity contribution in [2.24, 2.45) is 0 Å². The Kier molecular flexibility index (Phi) is 2.73. The van der Waals surface area contributed by atoms with Crippen LogP contribution >= 0.6 is 11.6 Å². The number of halogens is 1. The van der Waals surface area contributed by atoms with Crippen molar-refractivity contribution in [3.05, 3.63) is 59.4 Å². The quantitative estimate of drug-likeness (QED) is 0.541. The van der Waals surface area contributed by atoms with Crippen LogP contribution in [0.5, 0.6) is 0 Å². The van der Waals surface area contributed by atoms with Gasteiger partial charge < -0.3 is 4.40 Å². The highest BCUT2D eigenvalue weighted by molar-refractivity contribution is 6.34. The van der Waals surface area contributed by atoms with Gasteiger partial charge in [-0.1, -0.05) is 17.7 Å². The average Bonchev–Trinajstić information content (AvgIpc) is 3.18. The summed E-state index contributed by atoms with van der Waals surface area (Å²) < 4.78 is 3.97. The molecule has 5 rings (SSSR count). The molecule has 1 aliphatic carbocycles. The number of pyridine rings is 2. The molecule has 4 heterocycles. The first-order chi connectivity index (χ1) is 11.3. The van der Waals surface area contributed by atoms with E-state index in [-0.39, 0.29) is 0 Å². The molecule has 1 fully saturated rings. The normalized spacial score (nSPS) is 14.8. The van der Waals surface area contributed by atoms with E-state index in [9.17, 15) is 0 Å². The van der Waals surface area contributed by atoms with Crippen molar-refractivity contribution >= 4 is 28.2 Å². The molecular weight excluding hydrogens is 310 g/mol. The minimum Gasteiger partial charge on any atom is -0.306 e. The highest BCUT2D eigenvalue weighted by Gasteiger charge is 2.23. The highest BCUT2D eigenvalue weighted by Crippen LogP contribution is 2.39. The number of imidazole rings is 1. The number of rotatable bonds is 3. The lowest BCUT2D eigenvalue weighted by atomic mass is 10.2. The van der Waals surface area contributed by atoms with Crippen LogP contribution in [0.15, 0.2) is 43.0 Å². The molecule has 0 spiro atoms. The number of hydrogen-bond acceptors (Lipinski definition) is 3. The average molecular weight is 324 g/mol. The molecule has 23 heavy (non-hydrogen) atoms. The van der Waals surface area contributed by atoms with Crippen LogP contribution in [0.1, 0.15) is 30.0 Å². The third-order valence-corrected chi connectivity index (χ3v) is 4.63. The summed E-state index contributed by atoms with van der Waals surface area (Å²) >= 11 is 6.11. The van der Waals surface area contributed by atoms with Crippen LogP contribution in [-0.2, 0) is 6.54 Å².